The van der Waals surface area contributed by atoms with E-state index in [1.165, 1.54) is 25.7 Å². The van der Waals surface area contributed by atoms with Gasteiger partial charge in [-0.05, 0) is 26.7 Å². The summed E-state index contributed by atoms with van der Waals surface area (Å²) in [5, 5.41) is 4.31. The number of nitrogens with zero attached hydrogens (tertiary/aromatic N) is 2. The maximum atomic E-state index is 11.2. The molecule has 1 aromatic rings. The second-order valence-electron chi connectivity index (χ2n) is 4.08. The SMILES string of the molecule is CC(=O)c1cnn(C2CCCC2)c1C. The number of aromatic nitrogens is 2. The highest BCUT2D eigenvalue weighted by Gasteiger charge is 2.21. The van der Waals surface area contributed by atoms with Gasteiger partial charge >= 0.3 is 0 Å². The summed E-state index contributed by atoms with van der Waals surface area (Å²) in [5.41, 5.74) is 1.81. The first-order valence-corrected chi connectivity index (χ1v) is 5.25. The molecule has 0 unspecified atom stereocenters. The van der Waals surface area contributed by atoms with Gasteiger partial charge in [-0.15, -0.1) is 0 Å². The molecule has 0 radical (unpaired) electrons. The van der Waals surface area contributed by atoms with Crippen LogP contribution in [0.1, 0.15) is 54.7 Å². The first kappa shape index (κ1) is 9.44. The Morgan fingerprint density at radius 3 is 2.64 bits per heavy atom. The van der Waals surface area contributed by atoms with Crippen molar-refractivity contribution < 1.29 is 4.79 Å². The van der Waals surface area contributed by atoms with Crippen molar-refractivity contribution in [3.05, 3.63) is 17.5 Å². The van der Waals surface area contributed by atoms with Crippen molar-refractivity contribution in [1.82, 2.24) is 9.78 Å². The van der Waals surface area contributed by atoms with Gasteiger partial charge in [0.25, 0.3) is 0 Å². The van der Waals surface area contributed by atoms with Crippen LogP contribution in [0.15, 0.2) is 6.20 Å². The van der Waals surface area contributed by atoms with Crippen LogP contribution in [-0.4, -0.2) is 15.6 Å². The van der Waals surface area contributed by atoms with Gasteiger partial charge in [0.15, 0.2) is 5.78 Å². The zero-order valence-corrected chi connectivity index (χ0v) is 8.79. The van der Waals surface area contributed by atoms with E-state index in [2.05, 4.69) is 5.10 Å². The minimum absolute atomic E-state index is 0.117. The van der Waals surface area contributed by atoms with Gasteiger partial charge in [0.05, 0.1) is 17.8 Å². The average Bonchev–Trinajstić information content (AvgIpc) is 2.71. The minimum atomic E-state index is 0.117. The summed E-state index contributed by atoms with van der Waals surface area (Å²) in [6.07, 6.45) is 6.70. The van der Waals surface area contributed by atoms with Crippen molar-refractivity contribution in [2.75, 3.05) is 0 Å². The number of hydrogen-bond donors (Lipinski definition) is 0. The molecule has 3 heteroatoms. The highest BCUT2D eigenvalue weighted by molar-refractivity contribution is 5.94. The predicted octanol–water partition coefficient (Wildman–Crippen LogP) is 2.51. The number of rotatable bonds is 2. The van der Waals surface area contributed by atoms with E-state index in [1.54, 1.807) is 13.1 Å². The molecule has 76 valence electrons. The molecule has 0 atom stereocenters. The number of carbonyl (C=O) groups is 1. The lowest BCUT2D eigenvalue weighted by molar-refractivity contribution is 0.101. The molecule has 14 heavy (non-hydrogen) atoms. The van der Waals surface area contributed by atoms with E-state index in [0.717, 1.165) is 11.3 Å². The molecular formula is C11H16N2O. The Balaban J connectivity index is 2.30. The standard InChI is InChI=1S/C11H16N2O/c1-8-11(9(2)14)7-12-13(8)10-5-3-4-6-10/h7,10H,3-6H2,1-2H3. The largest absolute Gasteiger partial charge is 0.294 e. The number of ketones is 1. The monoisotopic (exact) mass is 192 g/mol. The van der Waals surface area contributed by atoms with Gasteiger partial charge in [0.1, 0.15) is 0 Å². The summed E-state index contributed by atoms with van der Waals surface area (Å²) in [6.45, 7) is 3.59. The number of carbonyl (C=O) groups excluding carboxylic acids is 1. The molecule has 3 nitrogen and oxygen atoms in total. The summed E-state index contributed by atoms with van der Waals surface area (Å²) >= 11 is 0. The molecule has 1 aromatic heterocycles. The van der Waals surface area contributed by atoms with E-state index in [-0.39, 0.29) is 5.78 Å². The first-order chi connectivity index (χ1) is 6.70. The van der Waals surface area contributed by atoms with Crippen molar-refractivity contribution >= 4 is 5.78 Å². The van der Waals surface area contributed by atoms with Crippen molar-refractivity contribution in [2.45, 2.75) is 45.6 Å². The molecule has 0 bridgehead atoms. The Morgan fingerprint density at radius 1 is 1.50 bits per heavy atom. The molecule has 0 amide bonds. The second kappa shape index (κ2) is 3.56. The summed E-state index contributed by atoms with van der Waals surface area (Å²) < 4.78 is 2.03. The fraction of sp³-hybridized carbons (Fsp3) is 0.636. The Hall–Kier alpha value is -1.12. The summed E-state index contributed by atoms with van der Waals surface area (Å²) in [4.78, 5) is 11.2. The lowest BCUT2D eigenvalue weighted by Crippen LogP contribution is -2.09. The zero-order valence-electron chi connectivity index (χ0n) is 8.79. The van der Waals surface area contributed by atoms with Crippen LogP contribution >= 0.6 is 0 Å². The zero-order chi connectivity index (χ0) is 10.1. The van der Waals surface area contributed by atoms with Crippen molar-refractivity contribution in [3.63, 3.8) is 0 Å². The maximum Gasteiger partial charge on any atom is 0.163 e. The van der Waals surface area contributed by atoms with Crippen LogP contribution < -0.4 is 0 Å². The van der Waals surface area contributed by atoms with Crippen LogP contribution in [0, 0.1) is 6.92 Å². The van der Waals surface area contributed by atoms with Crippen molar-refractivity contribution in [2.24, 2.45) is 0 Å². The normalized spacial score (nSPS) is 17.6. The van der Waals surface area contributed by atoms with Gasteiger partial charge < -0.3 is 0 Å². The van der Waals surface area contributed by atoms with E-state index < -0.39 is 0 Å². The van der Waals surface area contributed by atoms with E-state index in [1.807, 2.05) is 11.6 Å². The van der Waals surface area contributed by atoms with E-state index in [9.17, 15) is 4.79 Å². The third-order valence-corrected chi connectivity index (χ3v) is 3.09. The maximum absolute atomic E-state index is 11.2. The molecule has 0 saturated heterocycles. The molecule has 1 fully saturated rings. The van der Waals surface area contributed by atoms with Crippen LogP contribution in [0.3, 0.4) is 0 Å². The summed E-state index contributed by atoms with van der Waals surface area (Å²) in [5.74, 6) is 0.117. The van der Waals surface area contributed by atoms with Crippen LogP contribution in [0.25, 0.3) is 0 Å². The van der Waals surface area contributed by atoms with E-state index in [4.69, 9.17) is 0 Å². The number of Topliss-reactive ketones (excluding diaryl/α,β-unsaturated/α-hetero) is 1. The summed E-state index contributed by atoms with van der Waals surface area (Å²) in [7, 11) is 0. The van der Waals surface area contributed by atoms with Crippen molar-refractivity contribution in [3.8, 4) is 0 Å². The Morgan fingerprint density at radius 2 is 2.14 bits per heavy atom. The third-order valence-electron chi connectivity index (χ3n) is 3.09. The summed E-state index contributed by atoms with van der Waals surface area (Å²) in [6, 6.07) is 0.531. The average molecular weight is 192 g/mol. The minimum Gasteiger partial charge on any atom is -0.294 e. The van der Waals surface area contributed by atoms with Crippen LogP contribution in [0.2, 0.25) is 0 Å². The molecule has 1 aliphatic carbocycles. The molecule has 2 rings (SSSR count). The van der Waals surface area contributed by atoms with Gasteiger partial charge in [-0.1, -0.05) is 12.8 Å². The predicted molar refractivity (Wildman–Crippen MR) is 54.5 cm³/mol. The van der Waals surface area contributed by atoms with Gasteiger partial charge in [-0.25, -0.2) is 0 Å². The molecule has 0 aromatic carbocycles. The van der Waals surface area contributed by atoms with Gasteiger partial charge in [-0.3, -0.25) is 9.48 Å². The Labute approximate surface area is 84.1 Å². The van der Waals surface area contributed by atoms with Crippen LogP contribution in [0.5, 0.6) is 0 Å². The molecule has 1 heterocycles. The van der Waals surface area contributed by atoms with Gasteiger partial charge in [0, 0.05) is 5.69 Å². The van der Waals surface area contributed by atoms with E-state index in [0.29, 0.717) is 6.04 Å². The molecule has 0 N–H and O–H groups in total. The molecule has 0 spiro atoms. The van der Waals surface area contributed by atoms with Crippen molar-refractivity contribution in [1.29, 1.82) is 0 Å². The van der Waals surface area contributed by atoms with Crippen LogP contribution in [0.4, 0.5) is 0 Å². The molecule has 0 aliphatic heterocycles. The lowest BCUT2D eigenvalue weighted by Gasteiger charge is -2.12. The van der Waals surface area contributed by atoms with Gasteiger partial charge in [0.2, 0.25) is 0 Å². The fourth-order valence-electron chi connectivity index (χ4n) is 2.29. The third kappa shape index (κ3) is 1.47. The fourth-order valence-corrected chi connectivity index (χ4v) is 2.29. The molecule has 1 saturated carbocycles. The second-order valence-corrected chi connectivity index (χ2v) is 4.08. The highest BCUT2D eigenvalue weighted by Crippen LogP contribution is 2.30. The topological polar surface area (TPSA) is 34.9 Å². The van der Waals surface area contributed by atoms with Gasteiger partial charge in [-0.2, -0.15) is 5.10 Å². The molecular weight excluding hydrogens is 176 g/mol. The quantitative estimate of drug-likeness (QED) is 0.675. The smallest absolute Gasteiger partial charge is 0.163 e. The number of hydrogen-bond acceptors (Lipinski definition) is 2. The Bertz CT molecular complexity index is 348. The van der Waals surface area contributed by atoms with E-state index >= 15 is 0 Å². The Kier molecular flexibility index (Phi) is 2.40. The highest BCUT2D eigenvalue weighted by atomic mass is 16.1. The first-order valence-electron chi connectivity index (χ1n) is 5.25. The van der Waals surface area contributed by atoms with Crippen LogP contribution in [-0.2, 0) is 0 Å². The lowest BCUT2D eigenvalue weighted by atomic mass is 10.2. The molecule has 1 aliphatic rings.